The minimum atomic E-state index is -5.64. The Morgan fingerprint density at radius 3 is 2.33 bits per heavy atom. The van der Waals surface area contributed by atoms with Crippen LogP contribution in [0.2, 0.25) is 0 Å². The monoisotopic (exact) mass is 732 g/mol. The standard InChI is InChI=1S/C35H36F4N4O7S/c1-34(2,3)50-33(46)22-12-21(22)26-15-41-27(16-40-26)23-13-24(28(49-4)14-25(23)36)31(44)43-30-18-9-8-17(10-18)29(30)32(45)42-19-6-5-7-20(11-19)51(47,48)35(37,38)39/h5-7,11,13-18,21-22,29-30H,8-10,12H2,1-4H3,(H,42,45)(H,43,44)/t17-,18+,21+,22+,29+,30-/m1/s1. The smallest absolute Gasteiger partial charge is 0.496 e. The number of rotatable bonds is 9. The van der Waals surface area contributed by atoms with Gasteiger partial charge in [0.05, 0.1) is 47.0 Å². The number of fused-ring (bicyclic) bond motifs is 2. The van der Waals surface area contributed by atoms with Gasteiger partial charge in [0.25, 0.3) is 15.7 Å². The van der Waals surface area contributed by atoms with Crippen LogP contribution in [0.15, 0.2) is 53.7 Å². The van der Waals surface area contributed by atoms with Crippen LogP contribution < -0.4 is 15.4 Å². The van der Waals surface area contributed by atoms with E-state index in [1.54, 1.807) is 20.8 Å². The molecule has 0 radical (unpaired) electrons. The molecular formula is C35H36F4N4O7S. The van der Waals surface area contributed by atoms with Crippen molar-refractivity contribution >= 4 is 33.3 Å². The van der Waals surface area contributed by atoms with Gasteiger partial charge in [0, 0.05) is 35.5 Å². The normalized spacial score (nSPS) is 24.2. The number of carbonyl (C=O) groups excluding carboxylic acids is 3. The summed E-state index contributed by atoms with van der Waals surface area (Å²) < 4.78 is 89.3. The molecule has 1 aromatic heterocycles. The molecule has 6 rings (SSSR count). The van der Waals surface area contributed by atoms with Crippen LogP contribution in [0.4, 0.5) is 23.2 Å². The van der Waals surface area contributed by atoms with Gasteiger partial charge in [-0.05, 0) is 82.6 Å². The first-order valence-electron chi connectivity index (χ1n) is 16.3. The summed E-state index contributed by atoms with van der Waals surface area (Å²) in [6.45, 7) is 5.35. The van der Waals surface area contributed by atoms with Crippen LogP contribution in [0.25, 0.3) is 11.3 Å². The fourth-order valence-corrected chi connectivity index (χ4v) is 7.94. The summed E-state index contributed by atoms with van der Waals surface area (Å²) in [7, 11) is -4.36. The molecule has 3 fully saturated rings. The van der Waals surface area contributed by atoms with E-state index < -0.39 is 55.4 Å². The summed E-state index contributed by atoms with van der Waals surface area (Å²) in [5, 5.41) is 5.44. The van der Waals surface area contributed by atoms with E-state index in [1.165, 1.54) is 31.6 Å². The number of halogens is 4. The second-order valence-electron chi connectivity index (χ2n) is 14.2. The van der Waals surface area contributed by atoms with Gasteiger partial charge in [0.1, 0.15) is 17.2 Å². The molecule has 2 aromatic carbocycles. The Labute approximate surface area is 291 Å². The lowest BCUT2D eigenvalue weighted by Gasteiger charge is -2.31. The first kappa shape index (κ1) is 36.2. The maximum atomic E-state index is 15.3. The van der Waals surface area contributed by atoms with Crippen molar-refractivity contribution in [3.05, 3.63) is 65.9 Å². The molecule has 2 N–H and O–H groups in total. The Kier molecular flexibility index (Phi) is 9.36. The highest BCUT2D eigenvalue weighted by Gasteiger charge is 2.52. The highest BCUT2D eigenvalue weighted by atomic mass is 32.2. The molecule has 3 aliphatic carbocycles. The van der Waals surface area contributed by atoms with Gasteiger partial charge in [-0.3, -0.25) is 24.4 Å². The predicted octanol–water partition coefficient (Wildman–Crippen LogP) is 5.81. The molecule has 3 aliphatic rings. The van der Waals surface area contributed by atoms with Gasteiger partial charge < -0.3 is 20.1 Å². The molecule has 0 unspecified atom stereocenters. The number of aromatic nitrogens is 2. The van der Waals surface area contributed by atoms with Crippen molar-refractivity contribution in [1.82, 2.24) is 15.3 Å². The Morgan fingerprint density at radius 2 is 1.69 bits per heavy atom. The van der Waals surface area contributed by atoms with E-state index in [2.05, 4.69) is 20.6 Å². The van der Waals surface area contributed by atoms with Crippen molar-refractivity contribution in [2.45, 2.75) is 74.4 Å². The third kappa shape index (κ3) is 7.28. The van der Waals surface area contributed by atoms with Crippen molar-refractivity contribution < 1.29 is 49.8 Å². The molecular weight excluding hydrogens is 696 g/mol. The fraction of sp³-hybridized carbons (Fsp3) is 0.457. The topological polar surface area (TPSA) is 154 Å². The van der Waals surface area contributed by atoms with Crippen LogP contribution in [0.5, 0.6) is 5.75 Å². The fourth-order valence-electron chi connectivity index (χ4n) is 7.13. The van der Waals surface area contributed by atoms with Crippen molar-refractivity contribution in [1.29, 1.82) is 0 Å². The van der Waals surface area contributed by atoms with Gasteiger partial charge in [-0.25, -0.2) is 12.8 Å². The molecule has 11 nitrogen and oxygen atoms in total. The van der Waals surface area contributed by atoms with Crippen molar-refractivity contribution in [2.75, 3.05) is 12.4 Å². The number of benzene rings is 2. The van der Waals surface area contributed by atoms with Crippen LogP contribution in [0, 0.1) is 29.5 Å². The molecule has 0 aliphatic heterocycles. The third-order valence-electron chi connectivity index (χ3n) is 9.59. The minimum absolute atomic E-state index is 0.0288. The van der Waals surface area contributed by atoms with Gasteiger partial charge in [-0.1, -0.05) is 6.07 Å². The van der Waals surface area contributed by atoms with Crippen LogP contribution in [-0.2, 0) is 24.2 Å². The lowest BCUT2D eigenvalue weighted by atomic mass is 9.83. The average molecular weight is 733 g/mol. The number of nitrogens with one attached hydrogen (secondary N) is 2. The lowest BCUT2D eigenvalue weighted by molar-refractivity contribution is -0.156. The summed E-state index contributed by atoms with van der Waals surface area (Å²) in [6.07, 6.45) is 5.41. The molecule has 0 spiro atoms. The Bertz CT molecular complexity index is 1980. The van der Waals surface area contributed by atoms with Crippen molar-refractivity contribution in [2.24, 2.45) is 23.7 Å². The number of carbonyl (C=O) groups is 3. The third-order valence-corrected chi connectivity index (χ3v) is 11.1. The Morgan fingerprint density at radius 1 is 0.961 bits per heavy atom. The SMILES string of the molecule is COc1cc(F)c(-c2cnc([C@H]3C[C@@H]3C(=O)OC(C)(C)C)cn2)cc1C(=O)N[C@@H]1[C@H]2CC[C@H](C2)[C@@H]1C(=O)Nc1cccc(S(=O)(=O)C(F)(F)F)c1. The van der Waals surface area contributed by atoms with Crippen LogP contribution in [0.3, 0.4) is 0 Å². The van der Waals surface area contributed by atoms with Gasteiger partial charge in [0.15, 0.2) is 0 Å². The molecule has 2 amide bonds. The van der Waals surface area contributed by atoms with E-state index in [-0.39, 0.29) is 57.9 Å². The lowest BCUT2D eigenvalue weighted by Crippen LogP contribution is -2.48. The highest BCUT2D eigenvalue weighted by molar-refractivity contribution is 7.92. The zero-order valence-electron chi connectivity index (χ0n) is 28.1. The number of methoxy groups -OCH3 is 1. The summed E-state index contributed by atoms with van der Waals surface area (Å²) in [5.41, 5.74) is -5.66. The Hall–Kier alpha value is -4.60. The van der Waals surface area contributed by atoms with E-state index in [1.807, 2.05) is 0 Å². The molecule has 3 aromatic rings. The summed E-state index contributed by atoms with van der Waals surface area (Å²) in [6, 6.07) is 5.56. The van der Waals surface area contributed by atoms with Gasteiger partial charge in [-0.15, -0.1) is 0 Å². The first-order valence-corrected chi connectivity index (χ1v) is 17.8. The quantitative estimate of drug-likeness (QED) is 0.205. The largest absolute Gasteiger partial charge is 0.501 e. The zero-order chi connectivity index (χ0) is 37.0. The average Bonchev–Trinajstić information content (AvgIpc) is 3.61. The Balaban J connectivity index is 1.19. The highest BCUT2D eigenvalue weighted by Crippen LogP contribution is 2.50. The zero-order valence-corrected chi connectivity index (χ0v) is 28.9. The number of nitrogens with zero attached hydrogens (tertiary/aromatic N) is 2. The van der Waals surface area contributed by atoms with Crippen molar-refractivity contribution in [3.8, 4) is 17.0 Å². The summed E-state index contributed by atoms with van der Waals surface area (Å²) in [5.74, 6) is -3.85. The van der Waals surface area contributed by atoms with E-state index >= 15 is 4.39 Å². The van der Waals surface area contributed by atoms with Crippen LogP contribution in [-0.4, -0.2) is 60.4 Å². The molecule has 272 valence electrons. The molecule has 1 heterocycles. The minimum Gasteiger partial charge on any atom is -0.496 e. The number of ether oxygens (including phenoxy) is 2. The van der Waals surface area contributed by atoms with E-state index in [9.17, 15) is 36.0 Å². The molecule has 3 saturated carbocycles. The summed E-state index contributed by atoms with van der Waals surface area (Å²) >= 11 is 0. The second kappa shape index (κ2) is 13.2. The maximum absolute atomic E-state index is 15.3. The predicted molar refractivity (Wildman–Crippen MR) is 175 cm³/mol. The van der Waals surface area contributed by atoms with Crippen LogP contribution >= 0.6 is 0 Å². The van der Waals surface area contributed by atoms with Crippen LogP contribution in [0.1, 0.15) is 68.4 Å². The van der Waals surface area contributed by atoms with Crippen molar-refractivity contribution in [3.63, 3.8) is 0 Å². The molecule has 2 bridgehead atoms. The first-order chi connectivity index (χ1) is 23.9. The number of amides is 2. The van der Waals surface area contributed by atoms with E-state index in [0.717, 1.165) is 30.7 Å². The second-order valence-corrected chi connectivity index (χ2v) is 16.1. The molecule has 6 atom stereocenters. The summed E-state index contributed by atoms with van der Waals surface area (Å²) in [4.78, 5) is 47.5. The van der Waals surface area contributed by atoms with E-state index in [4.69, 9.17) is 9.47 Å². The molecule has 16 heteroatoms. The number of anilines is 1. The van der Waals surface area contributed by atoms with E-state index in [0.29, 0.717) is 25.0 Å². The number of hydrogen-bond acceptors (Lipinski definition) is 9. The van der Waals surface area contributed by atoms with Gasteiger partial charge >= 0.3 is 11.5 Å². The molecule has 51 heavy (non-hydrogen) atoms. The van der Waals surface area contributed by atoms with Gasteiger partial charge in [-0.2, -0.15) is 13.2 Å². The number of alkyl halides is 3. The molecule has 0 saturated heterocycles. The number of sulfone groups is 1. The number of esters is 1. The number of hydrogen-bond donors (Lipinski definition) is 2. The maximum Gasteiger partial charge on any atom is 0.501 e. The van der Waals surface area contributed by atoms with Gasteiger partial charge in [0.2, 0.25) is 5.91 Å².